The highest BCUT2D eigenvalue weighted by Crippen LogP contribution is 2.14. The highest BCUT2D eigenvalue weighted by Gasteiger charge is 2.01. The summed E-state index contributed by atoms with van der Waals surface area (Å²) in [5, 5.41) is 1.48. The van der Waals surface area contributed by atoms with Crippen molar-refractivity contribution in [1.29, 1.82) is 0 Å². The van der Waals surface area contributed by atoms with Crippen LogP contribution in [0.4, 0.5) is 0 Å². The smallest absolute Gasteiger partial charge is 0.189 e. The van der Waals surface area contributed by atoms with E-state index in [9.17, 15) is 9.59 Å². The number of hydrogen-bond acceptors (Lipinski definition) is 2. The van der Waals surface area contributed by atoms with Crippen LogP contribution in [0.2, 0.25) is 0 Å². The molecule has 186 valence electrons. The van der Waals surface area contributed by atoms with E-state index >= 15 is 0 Å². The molecule has 0 amide bonds. The Balaban J connectivity index is 0.000000155. The van der Waals surface area contributed by atoms with Gasteiger partial charge < -0.3 is 9.97 Å². The molecule has 0 saturated carbocycles. The number of aromatic amines is 2. The van der Waals surface area contributed by atoms with Gasteiger partial charge in [-0.2, -0.15) is 0 Å². The highest BCUT2D eigenvalue weighted by molar-refractivity contribution is 5.82. The molecule has 6 rings (SSSR count). The van der Waals surface area contributed by atoms with E-state index in [1.807, 2.05) is 60.7 Å². The predicted molar refractivity (Wildman–Crippen MR) is 158 cm³/mol. The Morgan fingerprint density at radius 3 is 1.74 bits per heavy atom. The Hall–Kier alpha value is -4.96. The minimum absolute atomic E-state index is 0.0485. The number of hydrogen-bond donors (Lipinski definition) is 2. The summed E-state index contributed by atoms with van der Waals surface area (Å²) in [4.78, 5) is 29.5. The Morgan fingerprint density at radius 1 is 0.500 bits per heavy atom. The maximum Gasteiger partial charge on any atom is 0.189 e. The van der Waals surface area contributed by atoms with Gasteiger partial charge in [-0.1, -0.05) is 84.9 Å². The van der Waals surface area contributed by atoms with Crippen molar-refractivity contribution in [3.8, 4) is 0 Å². The van der Waals surface area contributed by atoms with Crippen molar-refractivity contribution in [1.82, 2.24) is 9.97 Å². The maximum atomic E-state index is 11.6. The molecule has 0 radical (unpaired) electrons. The van der Waals surface area contributed by atoms with Gasteiger partial charge in [-0.3, -0.25) is 9.59 Å². The van der Waals surface area contributed by atoms with E-state index in [4.69, 9.17) is 0 Å². The topological polar surface area (TPSA) is 65.7 Å². The molecule has 6 aromatic rings. The third-order valence-electron chi connectivity index (χ3n) is 6.42. The minimum Gasteiger partial charge on any atom is -0.361 e. The van der Waals surface area contributed by atoms with Gasteiger partial charge in [0.05, 0.1) is 0 Å². The number of pyridine rings is 2. The first kappa shape index (κ1) is 24.7. The van der Waals surface area contributed by atoms with Gasteiger partial charge in [-0.15, -0.1) is 0 Å². The molecule has 2 N–H and O–H groups in total. The first-order valence-electron chi connectivity index (χ1n) is 12.6. The molecule has 0 atom stereocenters. The van der Waals surface area contributed by atoms with E-state index in [0.29, 0.717) is 0 Å². The van der Waals surface area contributed by atoms with Crippen LogP contribution in [0.5, 0.6) is 0 Å². The number of aryl methyl sites for hydroxylation is 2. The normalized spacial score (nSPS) is 10.9. The fourth-order valence-corrected chi connectivity index (χ4v) is 4.36. The summed E-state index contributed by atoms with van der Waals surface area (Å²) in [7, 11) is 0. The van der Waals surface area contributed by atoms with Crippen molar-refractivity contribution in [3.05, 3.63) is 164 Å². The second kappa shape index (κ2) is 11.8. The Kier molecular flexibility index (Phi) is 7.71. The highest BCUT2D eigenvalue weighted by atomic mass is 16.1. The average Bonchev–Trinajstić information content (AvgIpc) is 2.97. The van der Waals surface area contributed by atoms with Crippen LogP contribution in [0.25, 0.3) is 34.0 Å². The van der Waals surface area contributed by atoms with Crippen LogP contribution in [-0.4, -0.2) is 9.97 Å². The van der Waals surface area contributed by atoms with Crippen molar-refractivity contribution < 1.29 is 0 Å². The SMILES string of the molecule is O=c1cc[nH]c2cc(/C=C/c3ccccc3)ccc12.O=c1cc[nH]c2cc(CCc3ccccc3)ccc12. The number of fused-ring (bicyclic) bond motifs is 2. The number of benzene rings is 4. The summed E-state index contributed by atoms with van der Waals surface area (Å²) in [5.41, 5.74) is 6.71. The fraction of sp³-hybridized carbons (Fsp3) is 0.0588. The van der Waals surface area contributed by atoms with Gasteiger partial charge in [0, 0.05) is 46.3 Å². The van der Waals surface area contributed by atoms with Crippen molar-refractivity contribution in [2.45, 2.75) is 12.8 Å². The van der Waals surface area contributed by atoms with Crippen molar-refractivity contribution in [2.75, 3.05) is 0 Å². The molecule has 0 aliphatic heterocycles. The molecule has 0 bridgehead atoms. The van der Waals surface area contributed by atoms with Crippen LogP contribution in [0.1, 0.15) is 22.3 Å². The van der Waals surface area contributed by atoms with E-state index in [2.05, 4.69) is 58.5 Å². The zero-order valence-corrected chi connectivity index (χ0v) is 20.9. The van der Waals surface area contributed by atoms with Crippen LogP contribution in [0.15, 0.2) is 131 Å². The molecule has 0 aliphatic carbocycles. The fourth-order valence-electron chi connectivity index (χ4n) is 4.36. The van der Waals surface area contributed by atoms with Gasteiger partial charge in [0.2, 0.25) is 0 Å². The van der Waals surface area contributed by atoms with Crippen molar-refractivity contribution >= 4 is 34.0 Å². The van der Waals surface area contributed by atoms with Crippen molar-refractivity contribution in [2.24, 2.45) is 0 Å². The summed E-state index contributed by atoms with van der Waals surface area (Å²) >= 11 is 0. The first-order chi connectivity index (χ1) is 18.7. The lowest BCUT2D eigenvalue weighted by Crippen LogP contribution is -2.00. The van der Waals surface area contributed by atoms with Crippen molar-refractivity contribution in [3.63, 3.8) is 0 Å². The van der Waals surface area contributed by atoms with Crippen LogP contribution in [-0.2, 0) is 12.8 Å². The molecule has 0 aliphatic rings. The number of rotatable bonds is 5. The Bertz CT molecular complexity index is 1800. The summed E-state index contributed by atoms with van der Waals surface area (Å²) in [5.74, 6) is 0. The second-order valence-corrected chi connectivity index (χ2v) is 9.10. The van der Waals surface area contributed by atoms with Gasteiger partial charge in [-0.05, 0) is 59.4 Å². The Morgan fingerprint density at radius 2 is 1.05 bits per heavy atom. The molecule has 4 nitrogen and oxygen atoms in total. The standard InChI is InChI=1S/C17H15NO.C17H13NO/c2*19-17-10-11-18-16-12-14(8-9-15(16)17)7-6-13-4-2-1-3-5-13/h1-5,8-12H,6-7H2,(H,18,19);1-12H,(H,18,19)/b;7-6+. The zero-order valence-electron chi connectivity index (χ0n) is 20.9. The third kappa shape index (κ3) is 6.23. The van der Waals surface area contributed by atoms with Gasteiger partial charge in [0.15, 0.2) is 10.9 Å². The summed E-state index contributed by atoms with van der Waals surface area (Å²) < 4.78 is 0. The lowest BCUT2D eigenvalue weighted by molar-refractivity contribution is 0.961. The van der Waals surface area contributed by atoms with E-state index < -0.39 is 0 Å². The predicted octanol–water partition coefficient (Wildman–Crippen LogP) is 7.01. The van der Waals surface area contributed by atoms with Gasteiger partial charge >= 0.3 is 0 Å². The monoisotopic (exact) mass is 496 g/mol. The summed E-state index contributed by atoms with van der Waals surface area (Å²) in [6, 6.07) is 35.5. The van der Waals surface area contributed by atoms with Gasteiger partial charge in [-0.25, -0.2) is 0 Å². The maximum absolute atomic E-state index is 11.6. The molecule has 0 fully saturated rings. The molecular formula is C34H28N2O2. The molecule has 0 unspecified atom stereocenters. The second-order valence-electron chi connectivity index (χ2n) is 9.10. The number of nitrogens with one attached hydrogen (secondary N) is 2. The molecule has 2 heterocycles. The lowest BCUT2D eigenvalue weighted by Gasteiger charge is -2.04. The van der Waals surface area contributed by atoms with E-state index in [-0.39, 0.29) is 10.9 Å². The molecule has 4 aromatic carbocycles. The minimum atomic E-state index is 0.0485. The summed E-state index contributed by atoms with van der Waals surface area (Å²) in [6.07, 6.45) is 9.48. The largest absolute Gasteiger partial charge is 0.361 e. The molecule has 4 heteroatoms. The van der Waals surface area contributed by atoms with Crippen LogP contribution >= 0.6 is 0 Å². The molecule has 0 saturated heterocycles. The molecule has 2 aromatic heterocycles. The lowest BCUT2D eigenvalue weighted by atomic mass is 10.0. The van der Waals surface area contributed by atoms with E-state index in [0.717, 1.165) is 45.8 Å². The quantitative estimate of drug-likeness (QED) is 0.252. The van der Waals surface area contributed by atoms with E-state index in [1.165, 1.54) is 11.1 Å². The summed E-state index contributed by atoms with van der Waals surface area (Å²) in [6.45, 7) is 0. The third-order valence-corrected chi connectivity index (χ3v) is 6.42. The Labute approximate surface area is 221 Å². The molecule has 0 spiro atoms. The first-order valence-corrected chi connectivity index (χ1v) is 12.6. The molecular weight excluding hydrogens is 468 g/mol. The van der Waals surface area contributed by atoms with Crippen LogP contribution in [0.3, 0.4) is 0 Å². The molecule has 38 heavy (non-hydrogen) atoms. The van der Waals surface area contributed by atoms with Crippen LogP contribution < -0.4 is 10.9 Å². The number of H-pyrrole nitrogens is 2. The average molecular weight is 497 g/mol. The van der Waals surface area contributed by atoms with Gasteiger partial charge in [0.1, 0.15) is 0 Å². The van der Waals surface area contributed by atoms with Crippen LogP contribution in [0, 0.1) is 0 Å². The zero-order chi connectivity index (χ0) is 26.2. The van der Waals surface area contributed by atoms with Gasteiger partial charge in [0.25, 0.3) is 0 Å². The van der Waals surface area contributed by atoms with E-state index in [1.54, 1.807) is 24.5 Å². The number of aromatic nitrogens is 2.